The molecule has 1 aromatic rings. The van der Waals surface area contributed by atoms with Gasteiger partial charge in [-0.05, 0) is 37.5 Å². The summed E-state index contributed by atoms with van der Waals surface area (Å²) in [4.78, 5) is 25.2. The maximum Gasteiger partial charge on any atom is 0.305 e. The summed E-state index contributed by atoms with van der Waals surface area (Å²) in [6.07, 6.45) is 1.36. The molecule has 0 fully saturated rings. The second-order valence-corrected chi connectivity index (χ2v) is 5.32. The van der Waals surface area contributed by atoms with Crippen LogP contribution in [0, 0.1) is 12.8 Å². The number of hydrogen-bond donors (Lipinski definition) is 1. The van der Waals surface area contributed by atoms with Gasteiger partial charge in [-0.25, -0.2) is 0 Å². The number of carboxylic acid groups (broad SMARTS) is 1. The molecule has 5 nitrogen and oxygen atoms in total. The van der Waals surface area contributed by atoms with E-state index in [1.54, 1.807) is 18.1 Å². The van der Waals surface area contributed by atoms with E-state index in [9.17, 15) is 9.59 Å². The van der Waals surface area contributed by atoms with Gasteiger partial charge in [0.15, 0.2) is 0 Å². The minimum atomic E-state index is -0.922. The summed E-state index contributed by atoms with van der Waals surface area (Å²) in [5.41, 5.74) is 1.63. The summed E-state index contributed by atoms with van der Waals surface area (Å²) < 4.78 is 5.34. The molecule has 0 saturated heterocycles. The largest absolute Gasteiger partial charge is 0.495 e. The zero-order chi connectivity index (χ0) is 16.7. The van der Waals surface area contributed by atoms with Gasteiger partial charge in [0, 0.05) is 12.5 Å². The number of anilines is 1. The van der Waals surface area contributed by atoms with Gasteiger partial charge in [0.2, 0.25) is 5.91 Å². The number of methoxy groups -OCH3 is 1. The number of hydrogen-bond acceptors (Lipinski definition) is 3. The lowest BCUT2D eigenvalue weighted by Gasteiger charge is -2.28. The average molecular weight is 307 g/mol. The number of carbonyl (C=O) groups excluding carboxylic acids is 1. The molecule has 0 aliphatic heterocycles. The van der Waals surface area contributed by atoms with E-state index in [1.165, 1.54) is 0 Å². The van der Waals surface area contributed by atoms with Gasteiger partial charge in [0.05, 0.1) is 19.2 Å². The Morgan fingerprint density at radius 3 is 2.41 bits per heavy atom. The van der Waals surface area contributed by atoms with Crippen LogP contribution in [-0.2, 0) is 9.59 Å². The van der Waals surface area contributed by atoms with Crippen LogP contribution >= 0.6 is 0 Å². The van der Waals surface area contributed by atoms with Crippen molar-refractivity contribution in [1.82, 2.24) is 0 Å². The van der Waals surface area contributed by atoms with Gasteiger partial charge in [0.25, 0.3) is 0 Å². The van der Waals surface area contributed by atoms with Crippen LogP contribution in [0.2, 0.25) is 0 Å². The van der Waals surface area contributed by atoms with Crippen LogP contribution in [0.15, 0.2) is 18.2 Å². The van der Waals surface area contributed by atoms with Crippen LogP contribution < -0.4 is 9.64 Å². The summed E-state index contributed by atoms with van der Waals surface area (Å²) >= 11 is 0. The van der Waals surface area contributed by atoms with Crippen LogP contribution in [0.1, 0.15) is 38.7 Å². The standard InChI is InChI=1S/C17H25NO4/c1-5-13(6-2)17(21)18(10-9-16(19)20)14-11-12(3)7-8-15(14)22-4/h7-8,11,13H,5-6,9-10H2,1-4H3,(H,19,20). The fourth-order valence-electron chi connectivity index (χ4n) is 2.43. The molecular weight excluding hydrogens is 282 g/mol. The molecule has 5 heteroatoms. The molecule has 1 aromatic carbocycles. The Hall–Kier alpha value is -2.04. The SMILES string of the molecule is CCC(CC)C(=O)N(CCC(=O)O)c1cc(C)ccc1OC. The van der Waals surface area contributed by atoms with E-state index in [4.69, 9.17) is 9.84 Å². The molecule has 0 atom stereocenters. The van der Waals surface area contributed by atoms with Crippen LogP contribution in [0.4, 0.5) is 5.69 Å². The number of nitrogens with zero attached hydrogens (tertiary/aromatic N) is 1. The fourth-order valence-corrected chi connectivity index (χ4v) is 2.43. The fraction of sp³-hybridized carbons (Fsp3) is 0.529. The first kappa shape index (κ1) is 18.0. The van der Waals surface area contributed by atoms with E-state index in [0.29, 0.717) is 11.4 Å². The predicted octanol–water partition coefficient (Wildman–Crippen LogP) is 3.25. The minimum Gasteiger partial charge on any atom is -0.495 e. The Bertz CT molecular complexity index is 523. The van der Waals surface area contributed by atoms with E-state index in [0.717, 1.165) is 18.4 Å². The van der Waals surface area contributed by atoms with Gasteiger partial charge < -0.3 is 14.7 Å². The van der Waals surface area contributed by atoms with Crippen molar-refractivity contribution in [2.45, 2.75) is 40.0 Å². The second-order valence-electron chi connectivity index (χ2n) is 5.32. The molecule has 0 radical (unpaired) electrons. The van der Waals surface area contributed by atoms with Crippen LogP contribution in [0.3, 0.4) is 0 Å². The maximum absolute atomic E-state index is 12.8. The molecule has 1 amide bonds. The Balaban J connectivity index is 3.22. The van der Waals surface area contributed by atoms with Crippen molar-refractivity contribution in [3.05, 3.63) is 23.8 Å². The molecule has 22 heavy (non-hydrogen) atoms. The lowest BCUT2D eigenvalue weighted by molar-refractivity contribution is -0.136. The lowest BCUT2D eigenvalue weighted by atomic mass is 10.0. The Morgan fingerprint density at radius 1 is 1.27 bits per heavy atom. The average Bonchev–Trinajstić information content (AvgIpc) is 2.48. The van der Waals surface area contributed by atoms with Crippen LogP contribution in [-0.4, -0.2) is 30.6 Å². The Kier molecular flexibility index (Phi) is 6.89. The smallest absolute Gasteiger partial charge is 0.305 e. The van der Waals surface area contributed by atoms with Crippen molar-refractivity contribution in [3.8, 4) is 5.75 Å². The molecule has 0 aliphatic rings. The van der Waals surface area contributed by atoms with Gasteiger partial charge in [-0.3, -0.25) is 9.59 Å². The van der Waals surface area contributed by atoms with Crippen LogP contribution in [0.25, 0.3) is 0 Å². The summed E-state index contributed by atoms with van der Waals surface area (Å²) in [6.45, 7) is 6.01. The van der Waals surface area contributed by atoms with Crippen molar-refractivity contribution in [2.75, 3.05) is 18.6 Å². The number of carboxylic acids is 1. The predicted molar refractivity (Wildman–Crippen MR) is 86.4 cm³/mol. The number of aliphatic carboxylic acids is 1. The van der Waals surface area contributed by atoms with E-state index in [2.05, 4.69) is 0 Å². The molecule has 122 valence electrons. The van der Waals surface area contributed by atoms with Gasteiger partial charge in [-0.2, -0.15) is 0 Å². The number of aryl methyl sites for hydroxylation is 1. The molecule has 0 bridgehead atoms. The van der Waals surface area contributed by atoms with E-state index in [1.807, 2.05) is 32.9 Å². The van der Waals surface area contributed by atoms with Crippen molar-refractivity contribution < 1.29 is 19.4 Å². The van der Waals surface area contributed by atoms with Gasteiger partial charge >= 0.3 is 5.97 Å². The molecule has 1 N–H and O–H groups in total. The molecule has 0 saturated carbocycles. The molecule has 0 heterocycles. The number of rotatable bonds is 8. The quantitative estimate of drug-likeness (QED) is 0.800. The van der Waals surface area contributed by atoms with E-state index in [-0.39, 0.29) is 24.8 Å². The summed E-state index contributed by atoms with van der Waals surface area (Å²) in [5.74, 6) is -0.501. The maximum atomic E-state index is 12.8. The highest BCUT2D eigenvalue weighted by Gasteiger charge is 2.25. The molecule has 0 aliphatic carbocycles. The molecular formula is C17H25NO4. The number of ether oxygens (including phenoxy) is 1. The van der Waals surface area contributed by atoms with Crippen molar-refractivity contribution in [2.24, 2.45) is 5.92 Å². The molecule has 1 rings (SSSR count). The zero-order valence-corrected chi connectivity index (χ0v) is 13.8. The third-order valence-corrected chi connectivity index (χ3v) is 3.78. The highest BCUT2D eigenvalue weighted by atomic mass is 16.5. The van der Waals surface area contributed by atoms with Gasteiger partial charge in [0.1, 0.15) is 5.75 Å². The first-order chi connectivity index (χ1) is 10.4. The topological polar surface area (TPSA) is 66.8 Å². The molecule has 0 unspecified atom stereocenters. The second kappa shape index (κ2) is 8.41. The normalized spacial score (nSPS) is 10.6. The van der Waals surface area contributed by atoms with Crippen molar-refractivity contribution in [1.29, 1.82) is 0 Å². The van der Waals surface area contributed by atoms with Crippen molar-refractivity contribution in [3.63, 3.8) is 0 Å². The lowest BCUT2D eigenvalue weighted by Crippen LogP contribution is -2.37. The monoisotopic (exact) mass is 307 g/mol. The van der Waals surface area contributed by atoms with Gasteiger partial charge in [-0.1, -0.05) is 19.9 Å². The zero-order valence-electron chi connectivity index (χ0n) is 13.8. The number of amides is 1. The third kappa shape index (κ3) is 4.48. The Morgan fingerprint density at radius 2 is 1.91 bits per heavy atom. The minimum absolute atomic E-state index is 0.0462. The Labute approximate surface area is 131 Å². The molecule has 0 spiro atoms. The highest BCUT2D eigenvalue weighted by Crippen LogP contribution is 2.31. The summed E-state index contributed by atoms with van der Waals surface area (Å²) in [6, 6.07) is 5.57. The number of carbonyl (C=O) groups is 2. The van der Waals surface area contributed by atoms with Crippen molar-refractivity contribution >= 4 is 17.6 Å². The highest BCUT2D eigenvalue weighted by molar-refractivity contribution is 5.97. The van der Waals surface area contributed by atoms with Crippen LogP contribution in [0.5, 0.6) is 5.75 Å². The van der Waals surface area contributed by atoms with E-state index >= 15 is 0 Å². The first-order valence-electron chi connectivity index (χ1n) is 7.62. The first-order valence-corrected chi connectivity index (χ1v) is 7.62. The van der Waals surface area contributed by atoms with E-state index < -0.39 is 5.97 Å². The third-order valence-electron chi connectivity index (χ3n) is 3.78. The molecule has 0 aromatic heterocycles. The number of benzene rings is 1. The summed E-state index contributed by atoms with van der Waals surface area (Å²) in [7, 11) is 1.55. The van der Waals surface area contributed by atoms with Gasteiger partial charge in [-0.15, -0.1) is 0 Å². The summed E-state index contributed by atoms with van der Waals surface area (Å²) in [5, 5.41) is 8.96.